The Balaban J connectivity index is 0.00000220. The van der Waals surface area contributed by atoms with Gasteiger partial charge in [-0.15, -0.1) is 0 Å². The maximum absolute atomic E-state index is 11.9. The predicted molar refractivity (Wildman–Crippen MR) is 70.5 cm³/mol. The third-order valence-corrected chi connectivity index (χ3v) is 3.14. The van der Waals surface area contributed by atoms with E-state index in [9.17, 15) is 9.90 Å². The summed E-state index contributed by atoms with van der Waals surface area (Å²) in [6, 6.07) is 1.65. The van der Waals surface area contributed by atoms with Gasteiger partial charge in [-0.05, 0) is 6.07 Å². The number of hydrogen-bond donors (Lipinski definition) is 3. The van der Waals surface area contributed by atoms with Gasteiger partial charge >= 0.3 is 5.69 Å². The van der Waals surface area contributed by atoms with Crippen molar-refractivity contribution >= 4 is 5.82 Å². The molecule has 0 aliphatic carbocycles. The van der Waals surface area contributed by atoms with Crippen LogP contribution in [0.3, 0.4) is 0 Å². The first-order chi connectivity index (χ1) is 9.65. The van der Waals surface area contributed by atoms with Crippen molar-refractivity contribution in [3.63, 3.8) is 0 Å². The summed E-state index contributed by atoms with van der Waals surface area (Å²) in [6.45, 7) is 0.787. The molecule has 2 rings (SSSR count). The van der Waals surface area contributed by atoms with Gasteiger partial charge in [-0.3, -0.25) is 4.57 Å². The minimum Gasteiger partial charge on any atom is -0.394 e. The van der Waals surface area contributed by atoms with E-state index in [1.54, 1.807) is 19.4 Å². The molecular formula is C12H19Ac2N3O5. The number of aromatic nitrogens is 2. The Bertz CT molecular complexity index is 502. The van der Waals surface area contributed by atoms with Crippen LogP contribution in [0.4, 0.5) is 5.82 Å². The van der Waals surface area contributed by atoms with Crippen LogP contribution < -0.4 is 11.0 Å². The third kappa shape index (κ3) is 6.37. The third-order valence-electron chi connectivity index (χ3n) is 3.14. The second-order valence-electron chi connectivity index (χ2n) is 4.54. The molecule has 118 valence electrons. The quantitative estimate of drug-likeness (QED) is 0.320. The summed E-state index contributed by atoms with van der Waals surface area (Å²) in [5.74, 6) is 0.459. The number of nitrogens with zero attached hydrogens (tertiary/aromatic N) is 2. The van der Waals surface area contributed by atoms with E-state index < -0.39 is 24.1 Å². The van der Waals surface area contributed by atoms with Gasteiger partial charge in [0.2, 0.25) is 0 Å². The fourth-order valence-corrected chi connectivity index (χ4v) is 2.06. The average molecular weight is 739 g/mol. The molecule has 3 atom stereocenters. The van der Waals surface area contributed by atoms with E-state index >= 15 is 0 Å². The number of hydrogen-bond acceptors (Lipinski definition) is 7. The predicted octanol–water partition coefficient (Wildman–Crippen LogP) is -1.06. The van der Waals surface area contributed by atoms with Crippen molar-refractivity contribution in [2.45, 2.75) is 24.9 Å². The number of aliphatic hydroxyl groups is 2. The van der Waals surface area contributed by atoms with E-state index in [0.717, 1.165) is 0 Å². The first kappa shape index (κ1) is 23.4. The van der Waals surface area contributed by atoms with Crippen molar-refractivity contribution in [3.05, 3.63) is 22.7 Å². The average Bonchev–Trinajstić information content (AvgIpc) is 2.80. The molecule has 10 heteroatoms. The Morgan fingerprint density at radius 2 is 2.27 bits per heavy atom. The molecule has 1 aliphatic heterocycles. The van der Waals surface area contributed by atoms with Gasteiger partial charge in [0.1, 0.15) is 18.1 Å². The van der Waals surface area contributed by atoms with E-state index in [-0.39, 0.29) is 101 Å². The summed E-state index contributed by atoms with van der Waals surface area (Å²) in [4.78, 5) is 15.8. The van der Waals surface area contributed by atoms with Crippen LogP contribution in [0.5, 0.6) is 0 Å². The fourth-order valence-electron chi connectivity index (χ4n) is 2.06. The Morgan fingerprint density at radius 3 is 2.82 bits per heavy atom. The van der Waals surface area contributed by atoms with Crippen molar-refractivity contribution in [3.8, 4) is 0 Å². The zero-order chi connectivity index (χ0) is 14.5. The van der Waals surface area contributed by atoms with Crippen LogP contribution in [0, 0.1) is 88.1 Å². The molecule has 0 saturated carbocycles. The van der Waals surface area contributed by atoms with Gasteiger partial charge in [0, 0.05) is 114 Å². The number of rotatable bonds is 6. The van der Waals surface area contributed by atoms with Gasteiger partial charge in [-0.2, -0.15) is 4.98 Å². The second kappa shape index (κ2) is 11.9. The van der Waals surface area contributed by atoms with Gasteiger partial charge in [-0.25, -0.2) is 4.79 Å². The first-order valence-corrected chi connectivity index (χ1v) is 6.42. The minimum absolute atomic E-state index is 0. The molecule has 1 aliphatic rings. The Morgan fingerprint density at radius 1 is 1.55 bits per heavy atom. The molecule has 0 bridgehead atoms. The van der Waals surface area contributed by atoms with Gasteiger partial charge < -0.3 is 25.0 Å². The van der Waals surface area contributed by atoms with Crippen molar-refractivity contribution in [2.75, 3.05) is 32.2 Å². The molecule has 0 spiro atoms. The molecule has 8 nitrogen and oxygen atoms in total. The number of methoxy groups -OCH3 is 1. The zero-order valence-electron chi connectivity index (χ0n) is 12.4. The SMILES string of the molecule is COCCNc1ccn(C2CC(O)C(CO)O2)c(=O)n1.[Ac].[Ac]. The van der Waals surface area contributed by atoms with Gasteiger partial charge in [0.25, 0.3) is 0 Å². The van der Waals surface area contributed by atoms with Crippen LogP contribution in [-0.4, -0.2) is 58.8 Å². The van der Waals surface area contributed by atoms with Gasteiger partial charge in [0.15, 0.2) is 0 Å². The number of ether oxygens (including phenoxy) is 2. The summed E-state index contributed by atoms with van der Waals surface area (Å²) in [5.41, 5.74) is -0.469. The smallest absolute Gasteiger partial charge is 0.351 e. The standard InChI is InChI=1S/C12H19N3O5.2Ac/c1-19-5-3-13-10-2-4-15(12(18)14-10)11-6-8(17)9(7-16)20-11;;/h2,4,8-9,11,16-17H,3,5-7H2,1H3,(H,13,14,18);;. The molecule has 0 aromatic carbocycles. The summed E-state index contributed by atoms with van der Waals surface area (Å²) >= 11 is 0. The molecule has 2 heterocycles. The number of nitrogens with one attached hydrogen (secondary N) is 1. The Hall–Kier alpha value is 1.40. The zero-order valence-corrected chi connectivity index (χ0v) is 21.9. The van der Waals surface area contributed by atoms with E-state index in [1.165, 1.54) is 4.57 Å². The van der Waals surface area contributed by atoms with E-state index in [1.807, 2.05) is 0 Å². The van der Waals surface area contributed by atoms with Crippen LogP contribution in [-0.2, 0) is 9.47 Å². The number of aliphatic hydroxyl groups excluding tert-OH is 2. The summed E-state index contributed by atoms with van der Waals surface area (Å²) in [7, 11) is 1.59. The molecule has 2 radical (unpaired) electrons. The molecule has 1 saturated heterocycles. The Labute approximate surface area is 200 Å². The van der Waals surface area contributed by atoms with Crippen LogP contribution in [0.2, 0.25) is 0 Å². The second-order valence-corrected chi connectivity index (χ2v) is 4.54. The first-order valence-electron chi connectivity index (χ1n) is 6.42. The molecule has 3 unspecified atom stereocenters. The summed E-state index contributed by atoms with van der Waals surface area (Å²) < 4.78 is 11.6. The van der Waals surface area contributed by atoms with Crippen molar-refractivity contribution in [1.29, 1.82) is 0 Å². The molecular weight excluding hydrogens is 720 g/mol. The summed E-state index contributed by atoms with van der Waals surface area (Å²) in [6.07, 6.45) is -0.233. The van der Waals surface area contributed by atoms with Crippen LogP contribution in [0.25, 0.3) is 0 Å². The monoisotopic (exact) mass is 739 g/mol. The molecule has 1 fully saturated rings. The van der Waals surface area contributed by atoms with Crippen molar-refractivity contribution < 1.29 is 108 Å². The van der Waals surface area contributed by atoms with Crippen LogP contribution >= 0.6 is 0 Å². The van der Waals surface area contributed by atoms with Crippen molar-refractivity contribution in [2.24, 2.45) is 0 Å². The Kier molecular flexibility index (Phi) is 12.6. The molecule has 1 aromatic rings. The molecule has 3 N–H and O–H groups in total. The van der Waals surface area contributed by atoms with E-state index in [2.05, 4.69) is 10.3 Å². The largest absolute Gasteiger partial charge is 0.394 e. The van der Waals surface area contributed by atoms with Gasteiger partial charge in [-0.1, -0.05) is 0 Å². The van der Waals surface area contributed by atoms with Crippen molar-refractivity contribution in [1.82, 2.24) is 9.55 Å². The molecule has 1 aromatic heterocycles. The molecule has 0 amide bonds. The molecule has 22 heavy (non-hydrogen) atoms. The van der Waals surface area contributed by atoms with Crippen LogP contribution in [0.15, 0.2) is 17.1 Å². The minimum atomic E-state index is -0.781. The van der Waals surface area contributed by atoms with E-state index in [4.69, 9.17) is 14.6 Å². The fraction of sp³-hybridized carbons (Fsp3) is 0.667. The maximum atomic E-state index is 11.9. The maximum Gasteiger partial charge on any atom is 0.351 e. The number of anilines is 1. The normalized spacial score (nSPS) is 23.5. The van der Waals surface area contributed by atoms with E-state index in [0.29, 0.717) is 19.0 Å². The summed E-state index contributed by atoms with van der Waals surface area (Å²) in [5, 5.41) is 21.6. The van der Waals surface area contributed by atoms with Crippen LogP contribution in [0.1, 0.15) is 12.6 Å². The topological polar surface area (TPSA) is 106 Å². The van der Waals surface area contributed by atoms with Gasteiger partial charge in [0.05, 0.1) is 19.3 Å².